The largest absolute Gasteiger partial charge is 0.326 e. The highest BCUT2D eigenvalue weighted by molar-refractivity contribution is 6.32. The summed E-state index contributed by atoms with van der Waals surface area (Å²) in [7, 11) is 0. The van der Waals surface area contributed by atoms with Gasteiger partial charge in [-0.1, -0.05) is 41.4 Å². The van der Waals surface area contributed by atoms with E-state index in [0.29, 0.717) is 27.7 Å². The molecule has 8 heteroatoms. The predicted octanol–water partition coefficient (Wildman–Crippen LogP) is 5.20. The van der Waals surface area contributed by atoms with E-state index in [0.717, 1.165) is 5.56 Å². The SMILES string of the molecule is Cc1ccc(NC(=O)Cc2cc(NC(=O)Cc3cccc(F)c3Cl)ccn2)cc1Cl. The second-order valence-electron chi connectivity index (χ2n) is 6.66. The molecule has 0 aliphatic rings. The van der Waals surface area contributed by atoms with Crippen molar-refractivity contribution < 1.29 is 14.0 Å². The van der Waals surface area contributed by atoms with E-state index in [1.54, 1.807) is 30.3 Å². The summed E-state index contributed by atoms with van der Waals surface area (Å²) in [4.78, 5) is 28.7. The van der Waals surface area contributed by atoms with Crippen LogP contribution in [0.2, 0.25) is 10.0 Å². The summed E-state index contributed by atoms with van der Waals surface area (Å²) in [5, 5.41) is 5.96. The summed E-state index contributed by atoms with van der Waals surface area (Å²) < 4.78 is 13.5. The van der Waals surface area contributed by atoms with Gasteiger partial charge in [-0.2, -0.15) is 0 Å². The van der Waals surface area contributed by atoms with Crippen molar-refractivity contribution in [1.82, 2.24) is 4.98 Å². The highest BCUT2D eigenvalue weighted by Gasteiger charge is 2.12. The molecule has 5 nitrogen and oxygen atoms in total. The van der Waals surface area contributed by atoms with Gasteiger partial charge >= 0.3 is 0 Å². The highest BCUT2D eigenvalue weighted by atomic mass is 35.5. The fourth-order valence-electron chi connectivity index (χ4n) is 2.76. The monoisotopic (exact) mass is 445 g/mol. The summed E-state index contributed by atoms with van der Waals surface area (Å²) >= 11 is 12.0. The first-order valence-corrected chi connectivity index (χ1v) is 9.81. The standard InChI is InChI=1S/C22H18Cl2FN3O2/c1-13-5-6-15(11-18(13)23)27-21(30)12-17-10-16(7-8-26-17)28-20(29)9-14-3-2-4-19(25)22(14)24/h2-8,10-11H,9,12H2,1H3,(H,27,30)(H,26,28,29). The zero-order valence-electron chi connectivity index (χ0n) is 16.0. The van der Waals surface area contributed by atoms with Gasteiger partial charge in [-0.25, -0.2) is 4.39 Å². The average molecular weight is 446 g/mol. The molecule has 30 heavy (non-hydrogen) atoms. The van der Waals surface area contributed by atoms with Crippen LogP contribution in [0.5, 0.6) is 0 Å². The van der Waals surface area contributed by atoms with Crippen molar-refractivity contribution in [1.29, 1.82) is 0 Å². The van der Waals surface area contributed by atoms with Crippen LogP contribution in [0.1, 0.15) is 16.8 Å². The number of rotatable bonds is 6. The Morgan fingerprint density at radius 2 is 1.67 bits per heavy atom. The van der Waals surface area contributed by atoms with Gasteiger partial charge in [-0.3, -0.25) is 14.6 Å². The van der Waals surface area contributed by atoms with E-state index in [-0.39, 0.29) is 29.7 Å². The Labute approximate surface area is 183 Å². The van der Waals surface area contributed by atoms with Crippen LogP contribution in [0.3, 0.4) is 0 Å². The Hall–Kier alpha value is -2.96. The van der Waals surface area contributed by atoms with E-state index in [2.05, 4.69) is 15.6 Å². The van der Waals surface area contributed by atoms with Gasteiger partial charge in [0.05, 0.1) is 23.6 Å². The minimum absolute atomic E-state index is 0.0188. The Kier molecular flexibility index (Phi) is 7.03. The van der Waals surface area contributed by atoms with E-state index < -0.39 is 5.82 Å². The number of anilines is 2. The normalized spacial score (nSPS) is 10.5. The van der Waals surface area contributed by atoms with Gasteiger partial charge in [-0.15, -0.1) is 0 Å². The fourth-order valence-corrected chi connectivity index (χ4v) is 3.13. The quantitative estimate of drug-likeness (QED) is 0.547. The molecule has 0 aliphatic heterocycles. The van der Waals surface area contributed by atoms with Gasteiger partial charge in [0.25, 0.3) is 0 Å². The molecule has 0 spiro atoms. The van der Waals surface area contributed by atoms with Crippen LogP contribution in [0.25, 0.3) is 0 Å². The molecule has 0 aliphatic carbocycles. The third-order valence-corrected chi connectivity index (χ3v) is 5.11. The topological polar surface area (TPSA) is 71.1 Å². The molecule has 0 saturated carbocycles. The van der Waals surface area contributed by atoms with Gasteiger partial charge in [0.2, 0.25) is 11.8 Å². The Balaban J connectivity index is 1.61. The molecule has 1 aromatic heterocycles. The van der Waals surface area contributed by atoms with Crippen molar-refractivity contribution in [3.63, 3.8) is 0 Å². The molecule has 2 N–H and O–H groups in total. The first-order chi connectivity index (χ1) is 14.3. The van der Waals surface area contributed by atoms with Crippen molar-refractivity contribution in [2.24, 2.45) is 0 Å². The van der Waals surface area contributed by atoms with Gasteiger partial charge < -0.3 is 10.6 Å². The predicted molar refractivity (Wildman–Crippen MR) is 117 cm³/mol. The Bertz CT molecular complexity index is 1110. The summed E-state index contributed by atoms with van der Waals surface area (Å²) in [6, 6.07) is 12.8. The molecule has 1 heterocycles. The zero-order chi connectivity index (χ0) is 21.7. The zero-order valence-corrected chi connectivity index (χ0v) is 17.5. The number of halogens is 3. The average Bonchev–Trinajstić information content (AvgIpc) is 2.68. The Morgan fingerprint density at radius 1 is 0.967 bits per heavy atom. The lowest BCUT2D eigenvalue weighted by Crippen LogP contribution is -2.17. The number of amides is 2. The molecule has 0 unspecified atom stereocenters. The van der Waals surface area contributed by atoms with Gasteiger partial charge in [0.15, 0.2) is 0 Å². The molecule has 3 aromatic rings. The number of pyridine rings is 1. The van der Waals surface area contributed by atoms with Crippen LogP contribution in [0.4, 0.5) is 15.8 Å². The first kappa shape index (κ1) is 21.7. The number of carbonyl (C=O) groups is 2. The van der Waals surface area contributed by atoms with Crippen molar-refractivity contribution in [3.8, 4) is 0 Å². The van der Waals surface area contributed by atoms with E-state index in [1.807, 2.05) is 13.0 Å². The number of aryl methyl sites for hydroxylation is 1. The number of nitrogens with zero attached hydrogens (tertiary/aromatic N) is 1. The van der Waals surface area contributed by atoms with Crippen LogP contribution in [0.15, 0.2) is 54.7 Å². The minimum Gasteiger partial charge on any atom is -0.326 e. The molecule has 2 aromatic carbocycles. The van der Waals surface area contributed by atoms with Crippen molar-refractivity contribution in [2.45, 2.75) is 19.8 Å². The molecular formula is C22H18Cl2FN3O2. The lowest BCUT2D eigenvalue weighted by Gasteiger charge is -2.09. The maximum Gasteiger partial charge on any atom is 0.230 e. The molecule has 154 valence electrons. The van der Waals surface area contributed by atoms with Crippen molar-refractivity contribution in [3.05, 3.63) is 87.4 Å². The van der Waals surface area contributed by atoms with Crippen molar-refractivity contribution >= 4 is 46.4 Å². The summed E-state index contributed by atoms with van der Waals surface area (Å²) in [5.41, 5.74) is 2.85. The molecule has 0 bridgehead atoms. The van der Waals surface area contributed by atoms with E-state index in [1.165, 1.54) is 18.3 Å². The number of carbonyl (C=O) groups excluding carboxylic acids is 2. The second-order valence-corrected chi connectivity index (χ2v) is 7.45. The van der Waals surface area contributed by atoms with E-state index >= 15 is 0 Å². The lowest BCUT2D eigenvalue weighted by molar-refractivity contribution is -0.116. The van der Waals surface area contributed by atoms with E-state index in [9.17, 15) is 14.0 Å². The molecule has 0 saturated heterocycles. The fraction of sp³-hybridized carbons (Fsp3) is 0.136. The third kappa shape index (κ3) is 5.78. The van der Waals surface area contributed by atoms with Gasteiger partial charge in [0, 0.05) is 22.6 Å². The smallest absolute Gasteiger partial charge is 0.230 e. The summed E-state index contributed by atoms with van der Waals surface area (Å²) in [6.07, 6.45) is 1.43. The lowest BCUT2D eigenvalue weighted by atomic mass is 10.1. The van der Waals surface area contributed by atoms with Gasteiger partial charge in [-0.05, 0) is 48.4 Å². The molecular weight excluding hydrogens is 428 g/mol. The number of hydrogen-bond acceptors (Lipinski definition) is 3. The highest BCUT2D eigenvalue weighted by Crippen LogP contribution is 2.21. The maximum atomic E-state index is 13.5. The minimum atomic E-state index is -0.575. The molecule has 0 atom stereocenters. The Morgan fingerprint density at radius 3 is 2.40 bits per heavy atom. The van der Waals surface area contributed by atoms with Crippen LogP contribution in [-0.4, -0.2) is 16.8 Å². The van der Waals surface area contributed by atoms with Crippen LogP contribution < -0.4 is 10.6 Å². The van der Waals surface area contributed by atoms with E-state index in [4.69, 9.17) is 23.2 Å². The number of hydrogen-bond donors (Lipinski definition) is 2. The number of nitrogens with one attached hydrogen (secondary N) is 2. The molecule has 0 fully saturated rings. The van der Waals surface area contributed by atoms with Crippen LogP contribution in [-0.2, 0) is 22.4 Å². The number of aromatic nitrogens is 1. The second kappa shape index (κ2) is 9.69. The third-order valence-electron chi connectivity index (χ3n) is 4.28. The van der Waals surface area contributed by atoms with Gasteiger partial charge in [0.1, 0.15) is 5.82 Å². The first-order valence-electron chi connectivity index (χ1n) is 9.05. The summed E-state index contributed by atoms with van der Waals surface area (Å²) in [5.74, 6) is -1.20. The summed E-state index contributed by atoms with van der Waals surface area (Å²) in [6.45, 7) is 1.87. The number of benzene rings is 2. The molecule has 0 radical (unpaired) electrons. The maximum absolute atomic E-state index is 13.5. The van der Waals surface area contributed by atoms with Crippen LogP contribution in [0, 0.1) is 12.7 Å². The molecule has 2 amide bonds. The van der Waals surface area contributed by atoms with Crippen LogP contribution >= 0.6 is 23.2 Å². The van der Waals surface area contributed by atoms with Crippen molar-refractivity contribution in [2.75, 3.05) is 10.6 Å². The molecule has 3 rings (SSSR count).